The van der Waals surface area contributed by atoms with Crippen molar-refractivity contribution >= 4 is 53.2 Å². The Hall–Kier alpha value is -2.77. The molecule has 13 heteroatoms. The number of methoxy groups -OCH3 is 1. The molecule has 3 amide bonds. The second-order valence-corrected chi connectivity index (χ2v) is 14.8. The predicted molar refractivity (Wildman–Crippen MR) is 144 cm³/mol. The minimum atomic E-state index is -1.65. The lowest BCUT2D eigenvalue weighted by atomic mass is 9.84. The van der Waals surface area contributed by atoms with Gasteiger partial charge in [-0.1, -0.05) is 30.3 Å². The Morgan fingerprint density at radius 2 is 1.64 bits per heavy atom. The summed E-state index contributed by atoms with van der Waals surface area (Å²) in [5.74, 6) is -2.55. The molecule has 0 spiro atoms. The lowest BCUT2D eigenvalue weighted by Crippen LogP contribution is -2.81. The average Bonchev–Trinajstić information content (AvgIpc) is 3.29. The average molecular weight is 577 g/mol. The van der Waals surface area contributed by atoms with E-state index >= 15 is 0 Å². The van der Waals surface area contributed by atoms with Gasteiger partial charge in [-0.15, -0.1) is 23.5 Å². The highest BCUT2D eigenvalue weighted by atomic mass is 32.2. The van der Waals surface area contributed by atoms with Gasteiger partial charge in [-0.2, -0.15) is 0 Å². The van der Waals surface area contributed by atoms with Gasteiger partial charge in [0.25, 0.3) is 5.91 Å². The Morgan fingerprint density at radius 1 is 1.03 bits per heavy atom. The fraction of sp³-hybridized carbons (Fsp3) is 0.577. The number of ether oxygens (including phenoxy) is 2. The van der Waals surface area contributed by atoms with Crippen molar-refractivity contribution in [3.63, 3.8) is 0 Å². The Bertz CT molecular complexity index is 1240. The van der Waals surface area contributed by atoms with Gasteiger partial charge in [-0.25, -0.2) is 9.59 Å². The molecule has 1 aromatic carbocycles. The Balaban J connectivity index is 1.42. The number of thioether (sulfide) groups is 2. The van der Waals surface area contributed by atoms with Crippen LogP contribution in [0.5, 0.6) is 0 Å². The summed E-state index contributed by atoms with van der Waals surface area (Å²) in [5, 5.41) is 1.98. The van der Waals surface area contributed by atoms with Gasteiger partial charge in [0, 0.05) is 9.49 Å². The Kier molecular flexibility index (Phi) is 6.70. The van der Waals surface area contributed by atoms with Crippen molar-refractivity contribution in [1.82, 2.24) is 15.1 Å². The highest BCUT2D eigenvalue weighted by Crippen LogP contribution is 2.56. The number of nitrogens with zero attached hydrogens (tertiary/aromatic N) is 2. The van der Waals surface area contributed by atoms with Crippen molar-refractivity contribution in [2.75, 3.05) is 13.7 Å². The molecule has 11 nitrogen and oxygen atoms in total. The van der Waals surface area contributed by atoms with E-state index in [1.165, 1.54) is 40.4 Å². The van der Waals surface area contributed by atoms with Gasteiger partial charge in [-0.3, -0.25) is 14.4 Å². The summed E-state index contributed by atoms with van der Waals surface area (Å²) in [6, 6.07) is 5.90. The van der Waals surface area contributed by atoms with Crippen LogP contribution in [0.2, 0.25) is 0 Å². The number of rotatable bonds is 7. The maximum Gasteiger partial charge on any atom is 0.330 e. The van der Waals surface area contributed by atoms with Crippen LogP contribution in [0.15, 0.2) is 30.3 Å². The zero-order valence-corrected chi connectivity index (χ0v) is 24.0. The molecule has 5 rings (SSSR count). The van der Waals surface area contributed by atoms with Crippen LogP contribution in [-0.2, 0) is 33.4 Å². The molecule has 0 aliphatic carbocycles. The van der Waals surface area contributed by atoms with Crippen molar-refractivity contribution in [2.45, 2.75) is 78.0 Å². The van der Waals surface area contributed by atoms with Gasteiger partial charge in [-0.05, 0) is 33.3 Å². The Morgan fingerprint density at radius 3 is 2.26 bits per heavy atom. The lowest BCUT2D eigenvalue weighted by Gasteiger charge is -2.53. The van der Waals surface area contributed by atoms with Gasteiger partial charge in [0.1, 0.15) is 30.1 Å². The summed E-state index contributed by atoms with van der Waals surface area (Å²) in [6.45, 7) is 6.90. The summed E-state index contributed by atoms with van der Waals surface area (Å²) >= 11 is 2.85. The molecule has 4 aliphatic rings. The Labute approximate surface area is 234 Å². The molecular formula is C26H32N4O7S2. The predicted octanol–water partition coefficient (Wildman–Crippen LogP) is 0.772. The van der Waals surface area contributed by atoms with E-state index in [9.17, 15) is 24.0 Å². The van der Waals surface area contributed by atoms with Crippen LogP contribution in [0.4, 0.5) is 0 Å². The smallest absolute Gasteiger partial charge is 0.330 e. The number of nitrogens with one attached hydrogen (secondary N) is 1. The van der Waals surface area contributed by atoms with Gasteiger partial charge < -0.3 is 30.3 Å². The molecule has 1 unspecified atom stereocenters. The molecule has 39 heavy (non-hydrogen) atoms. The van der Waals surface area contributed by atoms with Crippen LogP contribution in [0, 0.1) is 0 Å². The fourth-order valence-corrected chi connectivity index (χ4v) is 9.13. The number of β-lactam (4-membered cyclic amide) rings is 2. The molecule has 1 aromatic rings. The maximum absolute atomic E-state index is 13.8. The molecule has 210 valence electrons. The first-order chi connectivity index (χ1) is 18.2. The first kappa shape index (κ1) is 27.8. The topological polar surface area (TPSA) is 148 Å². The van der Waals surface area contributed by atoms with Crippen molar-refractivity contribution in [1.29, 1.82) is 0 Å². The molecule has 4 fully saturated rings. The summed E-state index contributed by atoms with van der Waals surface area (Å²) in [7, 11) is 1.25. The molecule has 4 heterocycles. The molecule has 6 atom stereocenters. The molecule has 4 saturated heterocycles. The maximum atomic E-state index is 13.8. The minimum Gasteiger partial charge on any atom is -0.467 e. The third-order valence-corrected chi connectivity index (χ3v) is 11.0. The summed E-state index contributed by atoms with van der Waals surface area (Å²) in [4.78, 5) is 68.4. The van der Waals surface area contributed by atoms with E-state index in [4.69, 9.17) is 15.2 Å². The van der Waals surface area contributed by atoms with Crippen LogP contribution < -0.4 is 11.1 Å². The largest absolute Gasteiger partial charge is 0.467 e. The van der Waals surface area contributed by atoms with E-state index in [1.807, 2.05) is 27.7 Å². The minimum absolute atomic E-state index is 0.0876. The molecular weight excluding hydrogens is 544 g/mol. The number of amides is 3. The van der Waals surface area contributed by atoms with Crippen LogP contribution in [0.3, 0.4) is 0 Å². The number of carbonyl (C=O) groups is 5. The number of benzene rings is 1. The van der Waals surface area contributed by atoms with Gasteiger partial charge in [0.2, 0.25) is 11.8 Å². The van der Waals surface area contributed by atoms with E-state index in [2.05, 4.69) is 5.32 Å². The number of esters is 2. The SMILES string of the molecule is COC(=O)[C@@H]1N2C(=O)[C@@](COC(=O)[C@@H]3N4C(=O)C[C@H]4SC3(C)C)(NC(=O)C(N)c3ccccc3)[C@H]2SC1(C)C. The molecule has 0 saturated carbocycles. The number of carbonyl (C=O) groups excluding carboxylic acids is 5. The van der Waals surface area contributed by atoms with E-state index < -0.39 is 68.9 Å². The molecule has 0 radical (unpaired) electrons. The zero-order chi connectivity index (χ0) is 28.5. The number of fused-ring (bicyclic) bond motifs is 2. The van der Waals surface area contributed by atoms with Gasteiger partial charge in [0.05, 0.1) is 18.9 Å². The third-order valence-electron chi connectivity index (χ3n) is 7.84. The summed E-state index contributed by atoms with van der Waals surface area (Å²) in [6.07, 6.45) is 0.366. The van der Waals surface area contributed by atoms with E-state index in [0.29, 0.717) is 12.0 Å². The number of hydrogen-bond donors (Lipinski definition) is 2. The second kappa shape index (κ2) is 9.41. The summed E-state index contributed by atoms with van der Waals surface area (Å²) in [5.41, 5.74) is 5.12. The number of hydrogen-bond acceptors (Lipinski definition) is 10. The first-order valence-corrected chi connectivity index (χ1v) is 14.4. The van der Waals surface area contributed by atoms with Gasteiger partial charge in [0.15, 0.2) is 5.54 Å². The molecule has 3 N–H and O–H groups in total. The van der Waals surface area contributed by atoms with Crippen LogP contribution in [0.1, 0.15) is 45.7 Å². The van der Waals surface area contributed by atoms with Crippen LogP contribution in [-0.4, -0.2) is 91.0 Å². The lowest BCUT2D eigenvalue weighted by molar-refractivity contribution is -0.179. The van der Waals surface area contributed by atoms with Crippen molar-refractivity contribution in [2.24, 2.45) is 5.73 Å². The second-order valence-electron chi connectivity index (χ2n) is 11.3. The van der Waals surface area contributed by atoms with Gasteiger partial charge >= 0.3 is 11.9 Å². The molecule has 0 bridgehead atoms. The normalized spacial score (nSPS) is 32.4. The highest BCUT2D eigenvalue weighted by Gasteiger charge is 2.73. The zero-order valence-electron chi connectivity index (χ0n) is 22.3. The van der Waals surface area contributed by atoms with Crippen LogP contribution in [0.25, 0.3) is 0 Å². The van der Waals surface area contributed by atoms with Crippen LogP contribution >= 0.6 is 23.5 Å². The fourth-order valence-electron chi connectivity index (χ4n) is 5.83. The van der Waals surface area contributed by atoms with Crippen molar-refractivity contribution in [3.05, 3.63) is 35.9 Å². The summed E-state index contributed by atoms with van der Waals surface area (Å²) < 4.78 is 9.38. The first-order valence-electron chi connectivity index (χ1n) is 12.6. The third kappa shape index (κ3) is 4.20. The van der Waals surface area contributed by atoms with E-state index in [0.717, 1.165) is 0 Å². The molecule has 0 aromatic heterocycles. The molecule has 4 aliphatic heterocycles. The van der Waals surface area contributed by atoms with Crippen molar-refractivity contribution in [3.8, 4) is 0 Å². The highest BCUT2D eigenvalue weighted by molar-refractivity contribution is 8.02. The number of nitrogens with two attached hydrogens (primary N) is 1. The standard InChI is InChI=1S/C26H32N4O7S2/c1-24(2)18(29-14(31)11-15(29)38-24)21(34)37-12-26(28-19(32)16(27)13-9-7-6-8-10-13)22(35)30-17(20(33)36-5)25(3,4)39-23(26)30/h6-10,15-18,23H,11-12,27H2,1-5H3,(H,28,32)/t15-,16?,17+,18+,23-,26-/m1/s1. The van der Waals surface area contributed by atoms with E-state index in [-0.39, 0.29) is 11.3 Å². The van der Waals surface area contributed by atoms with E-state index in [1.54, 1.807) is 30.3 Å². The quantitative estimate of drug-likeness (QED) is 0.352. The monoisotopic (exact) mass is 576 g/mol. The van der Waals surface area contributed by atoms with Crippen molar-refractivity contribution < 1.29 is 33.4 Å².